The van der Waals surface area contributed by atoms with Gasteiger partial charge in [-0.15, -0.1) is 0 Å². The minimum Gasteiger partial charge on any atom is -0.279 e. The molecule has 0 rings (SSSR count). The quantitative estimate of drug-likeness (QED) is 0.163. The summed E-state index contributed by atoms with van der Waals surface area (Å²) in [6.45, 7) is 0. The average molecular weight is 140 g/mol. The van der Waals surface area contributed by atoms with E-state index >= 15 is 0 Å². The SMILES string of the molecule is NNC(=O)S(=O)(=O)O. The van der Waals surface area contributed by atoms with Crippen LogP contribution in [0.15, 0.2) is 0 Å². The predicted octanol–water partition coefficient (Wildman–Crippen LogP) is -1.54. The molecule has 0 aromatic heterocycles. The van der Waals surface area contributed by atoms with E-state index in [9.17, 15) is 13.2 Å². The van der Waals surface area contributed by atoms with Crippen LogP contribution >= 0.6 is 0 Å². The number of carbonyl (C=O) groups excluding carboxylic acids is 1. The molecule has 0 aromatic carbocycles. The summed E-state index contributed by atoms with van der Waals surface area (Å²) >= 11 is 0. The molecule has 0 bridgehead atoms. The van der Waals surface area contributed by atoms with Crippen molar-refractivity contribution in [1.29, 1.82) is 0 Å². The van der Waals surface area contributed by atoms with E-state index in [1.807, 2.05) is 0 Å². The molecule has 0 saturated heterocycles. The number of nitrogens with one attached hydrogen (secondary N) is 1. The molecule has 0 atom stereocenters. The van der Waals surface area contributed by atoms with Crippen LogP contribution in [-0.2, 0) is 10.1 Å². The molecule has 0 heterocycles. The Balaban J connectivity index is 4.29. The molecular weight excluding hydrogens is 136 g/mol. The second-order valence-corrected chi connectivity index (χ2v) is 2.23. The van der Waals surface area contributed by atoms with Gasteiger partial charge >= 0.3 is 15.4 Å². The molecule has 6 nitrogen and oxygen atoms in total. The van der Waals surface area contributed by atoms with Crippen molar-refractivity contribution in [2.24, 2.45) is 5.84 Å². The van der Waals surface area contributed by atoms with E-state index < -0.39 is 15.4 Å². The standard InChI is InChI=1S/CH4N2O4S/c2-3-1(4)8(5,6)7/h2H2,(H,3,4)(H,5,6,7). The molecule has 0 aliphatic carbocycles. The van der Waals surface area contributed by atoms with Crippen molar-refractivity contribution >= 4 is 15.4 Å². The number of rotatable bonds is 0. The largest absolute Gasteiger partial charge is 0.377 e. The zero-order valence-corrected chi connectivity index (χ0v) is 4.47. The summed E-state index contributed by atoms with van der Waals surface area (Å²) in [4.78, 5) is 9.76. The maximum absolute atomic E-state index is 9.76. The van der Waals surface area contributed by atoms with Crippen LogP contribution in [0.1, 0.15) is 0 Å². The topological polar surface area (TPSA) is 109 Å². The predicted molar refractivity (Wildman–Crippen MR) is 24.3 cm³/mol. The van der Waals surface area contributed by atoms with Crippen molar-refractivity contribution in [2.75, 3.05) is 0 Å². The minimum absolute atomic E-state index is 1.23. The van der Waals surface area contributed by atoms with Crippen molar-refractivity contribution in [3.63, 3.8) is 0 Å². The Kier molecular flexibility index (Phi) is 1.90. The molecule has 0 unspecified atom stereocenters. The molecule has 7 heteroatoms. The van der Waals surface area contributed by atoms with E-state index in [-0.39, 0.29) is 0 Å². The van der Waals surface area contributed by atoms with Gasteiger partial charge < -0.3 is 0 Å². The molecule has 0 aliphatic rings. The Hall–Kier alpha value is -0.660. The Bertz CT molecular complexity index is 180. The molecule has 0 saturated carbocycles. The highest BCUT2D eigenvalue weighted by Gasteiger charge is 2.14. The van der Waals surface area contributed by atoms with E-state index in [0.717, 1.165) is 0 Å². The molecule has 0 aromatic rings. The summed E-state index contributed by atoms with van der Waals surface area (Å²) in [5.74, 6) is 4.32. The van der Waals surface area contributed by atoms with Crippen LogP contribution in [0.2, 0.25) is 0 Å². The van der Waals surface area contributed by atoms with Gasteiger partial charge in [0.25, 0.3) is 0 Å². The van der Waals surface area contributed by atoms with E-state index in [4.69, 9.17) is 4.55 Å². The third-order valence-corrected chi connectivity index (χ3v) is 0.939. The fraction of sp³-hybridized carbons (Fsp3) is 0. The van der Waals surface area contributed by atoms with Crippen LogP contribution in [-0.4, -0.2) is 18.2 Å². The summed E-state index contributed by atoms with van der Waals surface area (Å²) in [6, 6.07) is 0. The Morgan fingerprint density at radius 3 is 2.00 bits per heavy atom. The third kappa shape index (κ3) is 1.87. The van der Waals surface area contributed by atoms with Crippen LogP contribution in [0.4, 0.5) is 4.79 Å². The van der Waals surface area contributed by atoms with Gasteiger partial charge in [0.15, 0.2) is 0 Å². The van der Waals surface area contributed by atoms with E-state index in [2.05, 4.69) is 5.84 Å². The van der Waals surface area contributed by atoms with Gasteiger partial charge in [0, 0.05) is 0 Å². The molecule has 8 heavy (non-hydrogen) atoms. The van der Waals surface area contributed by atoms with Crippen molar-refractivity contribution in [3.8, 4) is 0 Å². The summed E-state index contributed by atoms with van der Waals surface area (Å²) < 4.78 is 27.0. The fourth-order valence-electron chi connectivity index (χ4n) is 0.0745. The van der Waals surface area contributed by atoms with E-state index in [1.54, 1.807) is 0 Å². The van der Waals surface area contributed by atoms with Crippen LogP contribution in [0.3, 0.4) is 0 Å². The molecule has 48 valence electrons. The Morgan fingerprint density at radius 2 is 2.00 bits per heavy atom. The number of amides is 1. The lowest BCUT2D eigenvalue weighted by molar-refractivity contribution is 0.256. The first kappa shape index (κ1) is 7.34. The van der Waals surface area contributed by atoms with Crippen molar-refractivity contribution in [1.82, 2.24) is 5.43 Å². The number of carbonyl (C=O) groups is 1. The van der Waals surface area contributed by atoms with E-state index in [1.165, 1.54) is 5.43 Å². The summed E-state index contributed by atoms with van der Waals surface area (Å²) in [5.41, 5.74) is 1.23. The summed E-state index contributed by atoms with van der Waals surface area (Å²) in [5, 5.41) is -1.61. The maximum atomic E-state index is 9.76. The van der Waals surface area contributed by atoms with Gasteiger partial charge in [-0.1, -0.05) is 0 Å². The van der Waals surface area contributed by atoms with Crippen LogP contribution in [0.25, 0.3) is 0 Å². The van der Waals surface area contributed by atoms with Crippen molar-refractivity contribution in [2.45, 2.75) is 0 Å². The normalized spacial score (nSPS) is 10.8. The van der Waals surface area contributed by atoms with E-state index in [0.29, 0.717) is 0 Å². The fourth-order valence-corrected chi connectivity index (χ4v) is 0.223. The second kappa shape index (κ2) is 2.07. The highest BCUT2D eigenvalue weighted by Crippen LogP contribution is 1.78. The number of hydrogen-bond acceptors (Lipinski definition) is 4. The number of nitrogens with two attached hydrogens (primary N) is 1. The lowest BCUT2D eigenvalue weighted by atomic mass is 11.4. The average Bonchev–Trinajstić information content (AvgIpc) is 1.62. The second-order valence-electron chi connectivity index (χ2n) is 0.907. The Labute approximate surface area is 45.4 Å². The van der Waals surface area contributed by atoms with Crippen molar-refractivity contribution in [3.05, 3.63) is 0 Å². The highest BCUT2D eigenvalue weighted by atomic mass is 32.2. The van der Waals surface area contributed by atoms with Crippen LogP contribution in [0, 0.1) is 0 Å². The third-order valence-electron chi connectivity index (χ3n) is 0.352. The summed E-state index contributed by atoms with van der Waals surface area (Å²) in [6.07, 6.45) is 0. The highest BCUT2D eigenvalue weighted by molar-refractivity contribution is 8.01. The van der Waals surface area contributed by atoms with Crippen LogP contribution in [0.5, 0.6) is 0 Å². The molecule has 0 radical (unpaired) electrons. The minimum atomic E-state index is -4.63. The van der Waals surface area contributed by atoms with Gasteiger partial charge in [0.05, 0.1) is 0 Å². The van der Waals surface area contributed by atoms with Gasteiger partial charge in [-0.2, -0.15) is 8.42 Å². The summed E-state index contributed by atoms with van der Waals surface area (Å²) in [7, 11) is -4.63. The first-order chi connectivity index (χ1) is 3.48. The smallest absolute Gasteiger partial charge is 0.279 e. The first-order valence-corrected chi connectivity index (χ1v) is 2.90. The zero-order chi connectivity index (χ0) is 6.78. The lowest BCUT2D eigenvalue weighted by Gasteiger charge is -1.89. The molecule has 1 amide bonds. The Morgan fingerprint density at radius 1 is 1.62 bits per heavy atom. The monoisotopic (exact) mass is 140 g/mol. The van der Waals surface area contributed by atoms with Gasteiger partial charge in [-0.05, 0) is 0 Å². The zero-order valence-electron chi connectivity index (χ0n) is 3.66. The molecule has 0 spiro atoms. The van der Waals surface area contributed by atoms with Gasteiger partial charge in [0.1, 0.15) is 0 Å². The van der Waals surface area contributed by atoms with Gasteiger partial charge in [-0.3, -0.25) is 14.8 Å². The van der Waals surface area contributed by atoms with Gasteiger partial charge in [0.2, 0.25) is 0 Å². The number of hydrazine groups is 1. The van der Waals surface area contributed by atoms with Crippen LogP contribution < -0.4 is 11.3 Å². The lowest BCUT2D eigenvalue weighted by Crippen LogP contribution is -2.34. The maximum Gasteiger partial charge on any atom is 0.377 e. The molecule has 4 N–H and O–H groups in total. The first-order valence-electron chi connectivity index (χ1n) is 1.46. The number of hydrogen-bond donors (Lipinski definition) is 3. The molecule has 0 aliphatic heterocycles. The van der Waals surface area contributed by atoms with Gasteiger partial charge in [-0.25, -0.2) is 5.84 Å². The molecular formula is CH4N2O4S. The molecule has 0 fully saturated rings. The van der Waals surface area contributed by atoms with Crippen molar-refractivity contribution < 1.29 is 17.8 Å².